The van der Waals surface area contributed by atoms with Crippen molar-refractivity contribution >= 4 is 6.21 Å². The molecule has 0 rings (SSSR count). The van der Waals surface area contributed by atoms with Crippen LogP contribution in [0.5, 0.6) is 0 Å². The summed E-state index contributed by atoms with van der Waals surface area (Å²) in [5, 5.41) is 0. The van der Waals surface area contributed by atoms with Crippen molar-refractivity contribution in [3.05, 3.63) is 36.5 Å². The van der Waals surface area contributed by atoms with Crippen LogP contribution in [0.25, 0.3) is 0 Å². The Kier molecular flexibility index (Phi) is 4.21. The molecule has 0 aliphatic rings. The van der Waals surface area contributed by atoms with Gasteiger partial charge in [0.25, 0.3) is 0 Å². The molecular weight excluding hydrogens is 122 g/mol. The zero-order valence-corrected chi connectivity index (χ0v) is 6.59. The van der Waals surface area contributed by atoms with Crippen LogP contribution in [0.4, 0.5) is 0 Å². The molecule has 0 spiro atoms. The van der Waals surface area contributed by atoms with Crippen LogP contribution < -0.4 is 0 Å². The van der Waals surface area contributed by atoms with E-state index >= 15 is 0 Å². The molecule has 0 fully saturated rings. The maximum Gasteiger partial charge on any atom is 0.0283 e. The van der Waals surface area contributed by atoms with Gasteiger partial charge >= 0.3 is 0 Å². The van der Waals surface area contributed by atoms with Gasteiger partial charge in [0.15, 0.2) is 0 Å². The van der Waals surface area contributed by atoms with Gasteiger partial charge < -0.3 is 0 Å². The van der Waals surface area contributed by atoms with Gasteiger partial charge in [0.05, 0.1) is 0 Å². The predicted octanol–water partition coefficient (Wildman–Crippen LogP) is 2.38. The molecule has 0 aliphatic heterocycles. The quantitative estimate of drug-likeness (QED) is 0.416. The summed E-state index contributed by atoms with van der Waals surface area (Å²) < 4.78 is 0. The monoisotopic (exact) mass is 135 g/mol. The summed E-state index contributed by atoms with van der Waals surface area (Å²) in [6, 6.07) is 0. The van der Waals surface area contributed by atoms with Crippen LogP contribution in [-0.2, 0) is 0 Å². The fourth-order valence-corrected chi connectivity index (χ4v) is 0.572. The standard InChI is InChI=1S/C9H13N/c1-5-8(3)9(6-2)7-10-4/h5-7H,1-2H2,3-4H3/b9-8+,10-7?. The van der Waals surface area contributed by atoms with Crippen LogP contribution in [-0.4, -0.2) is 13.3 Å². The largest absolute Gasteiger partial charge is 0.296 e. The van der Waals surface area contributed by atoms with E-state index in [2.05, 4.69) is 18.2 Å². The number of hydrogen-bond donors (Lipinski definition) is 0. The van der Waals surface area contributed by atoms with Gasteiger partial charge in [-0.15, -0.1) is 0 Å². The number of allylic oxidation sites excluding steroid dienone is 4. The second kappa shape index (κ2) is 4.74. The lowest BCUT2D eigenvalue weighted by Crippen LogP contribution is -1.82. The van der Waals surface area contributed by atoms with Crippen molar-refractivity contribution in [2.75, 3.05) is 7.05 Å². The van der Waals surface area contributed by atoms with Crippen LogP contribution in [0.2, 0.25) is 0 Å². The van der Waals surface area contributed by atoms with E-state index in [4.69, 9.17) is 0 Å². The third kappa shape index (κ3) is 2.44. The second-order valence-corrected chi connectivity index (χ2v) is 1.93. The molecule has 0 saturated carbocycles. The minimum absolute atomic E-state index is 1.03. The van der Waals surface area contributed by atoms with Crippen molar-refractivity contribution in [2.24, 2.45) is 4.99 Å². The first-order valence-electron chi connectivity index (χ1n) is 3.14. The van der Waals surface area contributed by atoms with Crippen molar-refractivity contribution in [3.63, 3.8) is 0 Å². The SMILES string of the molecule is C=C/C(C)=C(\C=C)C=NC. The lowest BCUT2D eigenvalue weighted by Gasteiger charge is -1.94. The van der Waals surface area contributed by atoms with Crippen LogP contribution >= 0.6 is 0 Å². The molecule has 1 nitrogen and oxygen atoms in total. The average molecular weight is 135 g/mol. The molecule has 0 aromatic carbocycles. The van der Waals surface area contributed by atoms with Crippen LogP contribution in [0.3, 0.4) is 0 Å². The molecule has 0 saturated heterocycles. The van der Waals surface area contributed by atoms with E-state index in [0.29, 0.717) is 0 Å². The molecule has 0 unspecified atom stereocenters. The fourth-order valence-electron chi connectivity index (χ4n) is 0.572. The molecule has 54 valence electrons. The molecule has 0 N–H and O–H groups in total. The van der Waals surface area contributed by atoms with E-state index in [9.17, 15) is 0 Å². The van der Waals surface area contributed by atoms with Crippen molar-refractivity contribution in [2.45, 2.75) is 6.92 Å². The van der Waals surface area contributed by atoms with Gasteiger partial charge in [-0.05, 0) is 18.1 Å². The number of rotatable bonds is 3. The highest BCUT2D eigenvalue weighted by molar-refractivity contribution is 5.83. The maximum absolute atomic E-state index is 3.87. The predicted molar refractivity (Wildman–Crippen MR) is 47.5 cm³/mol. The van der Waals surface area contributed by atoms with Crippen LogP contribution in [0.15, 0.2) is 41.4 Å². The highest BCUT2D eigenvalue weighted by Gasteiger charge is 1.88. The first kappa shape index (κ1) is 8.89. The summed E-state index contributed by atoms with van der Waals surface area (Å²) in [6.45, 7) is 9.27. The van der Waals surface area contributed by atoms with Crippen molar-refractivity contribution in [3.8, 4) is 0 Å². The summed E-state index contributed by atoms with van der Waals surface area (Å²) in [4.78, 5) is 3.87. The third-order valence-electron chi connectivity index (χ3n) is 1.25. The Bertz CT molecular complexity index is 185. The molecular formula is C9H13N. The van der Waals surface area contributed by atoms with Crippen LogP contribution in [0.1, 0.15) is 6.92 Å². The summed E-state index contributed by atoms with van der Waals surface area (Å²) in [7, 11) is 1.74. The Morgan fingerprint density at radius 1 is 1.30 bits per heavy atom. The highest BCUT2D eigenvalue weighted by atomic mass is 14.6. The van der Waals surface area contributed by atoms with E-state index in [-0.39, 0.29) is 0 Å². The Morgan fingerprint density at radius 2 is 1.90 bits per heavy atom. The van der Waals surface area contributed by atoms with Gasteiger partial charge in [-0.3, -0.25) is 4.99 Å². The smallest absolute Gasteiger partial charge is 0.0283 e. The Labute approximate surface area is 62.5 Å². The Balaban J connectivity index is 4.61. The van der Waals surface area contributed by atoms with Gasteiger partial charge in [0, 0.05) is 13.3 Å². The zero-order valence-electron chi connectivity index (χ0n) is 6.59. The molecule has 10 heavy (non-hydrogen) atoms. The molecule has 1 heteroatoms. The Morgan fingerprint density at radius 3 is 2.20 bits per heavy atom. The topological polar surface area (TPSA) is 12.4 Å². The van der Waals surface area contributed by atoms with Gasteiger partial charge in [0.1, 0.15) is 0 Å². The summed E-state index contributed by atoms with van der Waals surface area (Å²) >= 11 is 0. The summed E-state index contributed by atoms with van der Waals surface area (Å²) in [5.74, 6) is 0. The lowest BCUT2D eigenvalue weighted by atomic mass is 10.1. The highest BCUT2D eigenvalue weighted by Crippen LogP contribution is 2.02. The zero-order chi connectivity index (χ0) is 7.98. The van der Waals surface area contributed by atoms with Gasteiger partial charge in [-0.25, -0.2) is 0 Å². The fraction of sp³-hybridized carbons (Fsp3) is 0.222. The minimum atomic E-state index is 1.03. The summed E-state index contributed by atoms with van der Waals surface area (Å²) in [6.07, 6.45) is 5.33. The van der Waals surface area contributed by atoms with E-state index in [0.717, 1.165) is 11.1 Å². The number of hydrogen-bond acceptors (Lipinski definition) is 1. The van der Waals surface area contributed by atoms with Gasteiger partial charge in [-0.2, -0.15) is 0 Å². The molecule has 0 aliphatic carbocycles. The van der Waals surface area contributed by atoms with E-state index in [1.54, 1.807) is 25.4 Å². The maximum atomic E-state index is 3.87. The molecule has 0 aromatic heterocycles. The van der Waals surface area contributed by atoms with Gasteiger partial charge in [0.2, 0.25) is 0 Å². The molecule has 0 atom stereocenters. The lowest BCUT2D eigenvalue weighted by molar-refractivity contribution is 1.44. The Hall–Kier alpha value is -1.11. The minimum Gasteiger partial charge on any atom is -0.296 e. The molecule has 0 amide bonds. The second-order valence-electron chi connectivity index (χ2n) is 1.93. The molecule has 0 bridgehead atoms. The van der Waals surface area contributed by atoms with Crippen molar-refractivity contribution in [1.29, 1.82) is 0 Å². The first-order chi connectivity index (χ1) is 4.76. The average Bonchev–Trinajstić information content (AvgIpc) is 1.99. The van der Waals surface area contributed by atoms with E-state index in [1.165, 1.54) is 0 Å². The molecule has 0 radical (unpaired) electrons. The molecule has 0 heterocycles. The van der Waals surface area contributed by atoms with Crippen molar-refractivity contribution < 1.29 is 0 Å². The number of aliphatic imine (C=N–C) groups is 1. The third-order valence-corrected chi connectivity index (χ3v) is 1.25. The van der Waals surface area contributed by atoms with E-state index in [1.807, 2.05) is 6.92 Å². The normalized spacial score (nSPS) is 13.0. The van der Waals surface area contributed by atoms with Crippen LogP contribution in [0, 0.1) is 0 Å². The number of nitrogens with zero attached hydrogens (tertiary/aromatic N) is 1. The van der Waals surface area contributed by atoms with E-state index < -0.39 is 0 Å². The van der Waals surface area contributed by atoms with Crippen molar-refractivity contribution in [1.82, 2.24) is 0 Å². The molecule has 0 aromatic rings. The van der Waals surface area contributed by atoms with Gasteiger partial charge in [-0.1, -0.05) is 25.3 Å². The first-order valence-corrected chi connectivity index (χ1v) is 3.14. The summed E-state index contributed by atoms with van der Waals surface area (Å²) in [5.41, 5.74) is 2.12.